The first-order chi connectivity index (χ1) is 13.5. The van der Waals surface area contributed by atoms with Crippen molar-refractivity contribution in [3.8, 4) is 5.75 Å². The van der Waals surface area contributed by atoms with Gasteiger partial charge in [-0.2, -0.15) is 0 Å². The number of hydrogen-bond acceptors (Lipinski definition) is 4. The molecule has 0 aliphatic carbocycles. The number of likely N-dealkylation sites (tertiary alicyclic amines) is 1. The number of piperidine rings is 1. The van der Waals surface area contributed by atoms with Gasteiger partial charge in [0.25, 0.3) is 5.91 Å². The Morgan fingerprint density at radius 3 is 2.29 bits per heavy atom. The highest BCUT2D eigenvalue weighted by Gasteiger charge is 2.27. The lowest BCUT2D eigenvalue weighted by atomic mass is 9.95. The van der Waals surface area contributed by atoms with E-state index in [1.165, 1.54) is 0 Å². The van der Waals surface area contributed by atoms with Crippen LogP contribution in [0.4, 0.5) is 11.4 Å². The van der Waals surface area contributed by atoms with Crippen molar-refractivity contribution in [1.82, 2.24) is 4.90 Å². The van der Waals surface area contributed by atoms with Gasteiger partial charge in [0.15, 0.2) is 6.61 Å². The van der Waals surface area contributed by atoms with Gasteiger partial charge >= 0.3 is 0 Å². The minimum absolute atomic E-state index is 0.0187. The molecule has 1 fully saturated rings. The molecule has 0 aromatic heterocycles. The molecule has 6 nitrogen and oxygen atoms in total. The van der Waals surface area contributed by atoms with E-state index in [2.05, 4.69) is 5.32 Å². The van der Waals surface area contributed by atoms with Gasteiger partial charge in [-0.25, -0.2) is 0 Å². The monoisotopic (exact) mass is 381 g/mol. The number of ether oxygens (including phenoxy) is 1. The molecule has 148 valence electrons. The van der Waals surface area contributed by atoms with Crippen molar-refractivity contribution < 1.29 is 14.3 Å². The van der Waals surface area contributed by atoms with Gasteiger partial charge in [-0.05, 0) is 49.2 Å². The van der Waals surface area contributed by atoms with Crippen molar-refractivity contribution in [2.75, 3.05) is 44.0 Å². The number of carbonyl (C=O) groups excluding carboxylic acids is 2. The number of para-hydroxylation sites is 1. The molecule has 2 aromatic rings. The maximum atomic E-state index is 12.5. The van der Waals surface area contributed by atoms with Crippen LogP contribution in [0.15, 0.2) is 54.6 Å². The summed E-state index contributed by atoms with van der Waals surface area (Å²) in [6.07, 6.45) is 1.33. The first-order valence-corrected chi connectivity index (χ1v) is 9.57. The molecule has 1 aliphatic rings. The van der Waals surface area contributed by atoms with Gasteiger partial charge in [0, 0.05) is 44.5 Å². The summed E-state index contributed by atoms with van der Waals surface area (Å²) in [5, 5.41) is 2.98. The number of hydrogen-bond donors (Lipinski definition) is 1. The molecule has 0 saturated carbocycles. The van der Waals surface area contributed by atoms with Crippen LogP contribution >= 0.6 is 0 Å². The van der Waals surface area contributed by atoms with Gasteiger partial charge in [-0.1, -0.05) is 18.2 Å². The number of nitrogens with one attached hydrogen (secondary N) is 1. The second-order valence-corrected chi connectivity index (χ2v) is 7.19. The van der Waals surface area contributed by atoms with E-state index in [1.54, 1.807) is 4.90 Å². The zero-order valence-electron chi connectivity index (χ0n) is 16.4. The highest BCUT2D eigenvalue weighted by Crippen LogP contribution is 2.21. The van der Waals surface area contributed by atoms with Crippen molar-refractivity contribution in [2.45, 2.75) is 12.8 Å². The van der Waals surface area contributed by atoms with Crippen LogP contribution in [0.2, 0.25) is 0 Å². The third-order valence-electron chi connectivity index (χ3n) is 4.98. The Labute approximate surface area is 166 Å². The fourth-order valence-electron chi connectivity index (χ4n) is 3.23. The predicted octanol–water partition coefficient (Wildman–Crippen LogP) is 3.01. The summed E-state index contributed by atoms with van der Waals surface area (Å²) >= 11 is 0. The summed E-state index contributed by atoms with van der Waals surface area (Å²) in [4.78, 5) is 28.6. The standard InChI is InChI=1S/C22H27N3O3/c1-24(2)19-10-8-18(9-11-19)23-22(27)17-12-14-25(15-13-17)21(26)16-28-20-6-4-3-5-7-20/h3-11,17H,12-16H2,1-2H3,(H,23,27). The fourth-order valence-corrected chi connectivity index (χ4v) is 3.23. The molecule has 1 heterocycles. The van der Waals surface area contributed by atoms with Crippen LogP contribution in [0.1, 0.15) is 12.8 Å². The van der Waals surface area contributed by atoms with Crippen molar-refractivity contribution in [1.29, 1.82) is 0 Å². The van der Waals surface area contributed by atoms with Gasteiger partial charge in [-0.3, -0.25) is 9.59 Å². The number of nitrogens with zero attached hydrogens (tertiary/aromatic N) is 2. The molecule has 1 N–H and O–H groups in total. The first kappa shape index (κ1) is 19.7. The van der Waals surface area contributed by atoms with Crippen molar-refractivity contribution in [3.05, 3.63) is 54.6 Å². The molecule has 2 aromatic carbocycles. The smallest absolute Gasteiger partial charge is 0.260 e. The summed E-state index contributed by atoms with van der Waals surface area (Å²) in [6, 6.07) is 17.1. The number of rotatable bonds is 6. The minimum Gasteiger partial charge on any atom is -0.484 e. The minimum atomic E-state index is -0.0763. The Morgan fingerprint density at radius 1 is 1.04 bits per heavy atom. The van der Waals surface area contributed by atoms with Gasteiger partial charge < -0.3 is 19.9 Å². The second-order valence-electron chi connectivity index (χ2n) is 7.19. The third-order valence-corrected chi connectivity index (χ3v) is 4.98. The molecule has 0 unspecified atom stereocenters. The molecule has 1 saturated heterocycles. The summed E-state index contributed by atoms with van der Waals surface area (Å²) in [5.74, 6) is 0.588. The zero-order chi connectivity index (χ0) is 19.9. The Morgan fingerprint density at radius 2 is 1.68 bits per heavy atom. The zero-order valence-corrected chi connectivity index (χ0v) is 16.4. The largest absolute Gasteiger partial charge is 0.484 e. The normalized spacial score (nSPS) is 14.4. The van der Waals surface area contributed by atoms with Gasteiger partial charge in [-0.15, -0.1) is 0 Å². The predicted molar refractivity (Wildman–Crippen MR) is 111 cm³/mol. The highest BCUT2D eigenvalue weighted by molar-refractivity contribution is 5.93. The topological polar surface area (TPSA) is 61.9 Å². The fraction of sp³-hybridized carbons (Fsp3) is 0.364. The average molecular weight is 381 g/mol. The highest BCUT2D eigenvalue weighted by atomic mass is 16.5. The number of anilines is 2. The number of carbonyl (C=O) groups is 2. The van der Waals surface area contributed by atoms with Crippen LogP contribution < -0.4 is 15.0 Å². The molecule has 1 aliphatic heterocycles. The molecule has 2 amide bonds. The maximum absolute atomic E-state index is 12.5. The lowest BCUT2D eigenvalue weighted by molar-refractivity contribution is -0.136. The van der Waals surface area contributed by atoms with Gasteiger partial charge in [0.05, 0.1) is 0 Å². The second kappa shape index (κ2) is 9.26. The summed E-state index contributed by atoms with van der Waals surface area (Å²) in [6.45, 7) is 1.18. The van der Waals surface area contributed by atoms with Crippen molar-refractivity contribution >= 4 is 23.2 Å². The van der Waals surface area contributed by atoms with Crippen molar-refractivity contribution in [2.24, 2.45) is 5.92 Å². The molecule has 6 heteroatoms. The van der Waals surface area contributed by atoms with Crippen LogP contribution in [0, 0.1) is 5.92 Å². The quantitative estimate of drug-likeness (QED) is 0.836. The Balaban J connectivity index is 1.43. The van der Waals surface area contributed by atoms with E-state index in [0.717, 1.165) is 11.4 Å². The van der Waals surface area contributed by atoms with Crippen LogP contribution in [0.25, 0.3) is 0 Å². The third kappa shape index (κ3) is 5.25. The summed E-state index contributed by atoms with van der Waals surface area (Å²) in [5.41, 5.74) is 1.88. The molecular weight excluding hydrogens is 354 g/mol. The summed E-state index contributed by atoms with van der Waals surface area (Å²) < 4.78 is 5.53. The van der Waals surface area contributed by atoms with E-state index in [4.69, 9.17) is 4.74 Å². The first-order valence-electron chi connectivity index (χ1n) is 9.57. The van der Waals surface area contributed by atoms with Crippen LogP contribution in [-0.4, -0.2) is 50.5 Å². The molecule has 0 bridgehead atoms. The Hall–Kier alpha value is -3.02. The van der Waals surface area contributed by atoms with E-state index in [0.29, 0.717) is 31.7 Å². The summed E-state index contributed by atoms with van der Waals surface area (Å²) in [7, 11) is 3.96. The molecular formula is C22H27N3O3. The van der Waals surface area contributed by atoms with E-state index in [-0.39, 0.29) is 24.3 Å². The van der Waals surface area contributed by atoms with Crippen LogP contribution in [0.3, 0.4) is 0 Å². The molecule has 3 rings (SSSR count). The van der Waals surface area contributed by atoms with Gasteiger partial charge in [0.1, 0.15) is 5.75 Å². The van der Waals surface area contributed by atoms with E-state index in [9.17, 15) is 9.59 Å². The van der Waals surface area contributed by atoms with Crippen molar-refractivity contribution in [3.63, 3.8) is 0 Å². The molecule has 0 radical (unpaired) electrons. The molecule has 0 spiro atoms. The Kier molecular flexibility index (Phi) is 6.53. The lowest BCUT2D eigenvalue weighted by Gasteiger charge is -2.31. The lowest BCUT2D eigenvalue weighted by Crippen LogP contribution is -2.43. The van der Waals surface area contributed by atoms with Gasteiger partial charge in [0.2, 0.25) is 5.91 Å². The van der Waals surface area contributed by atoms with E-state index < -0.39 is 0 Å². The van der Waals surface area contributed by atoms with E-state index >= 15 is 0 Å². The van der Waals surface area contributed by atoms with Crippen LogP contribution in [0.5, 0.6) is 5.75 Å². The SMILES string of the molecule is CN(C)c1ccc(NC(=O)C2CCN(C(=O)COc3ccccc3)CC2)cc1. The number of amides is 2. The van der Waals surface area contributed by atoms with Crippen LogP contribution in [-0.2, 0) is 9.59 Å². The Bertz CT molecular complexity index is 782. The maximum Gasteiger partial charge on any atom is 0.260 e. The molecule has 28 heavy (non-hydrogen) atoms. The molecule has 0 atom stereocenters. The average Bonchev–Trinajstić information content (AvgIpc) is 2.73. The number of benzene rings is 2. The van der Waals surface area contributed by atoms with E-state index in [1.807, 2.05) is 73.6 Å².